The highest BCUT2D eigenvalue weighted by atomic mass is 16.2. The van der Waals surface area contributed by atoms with Crippen LogP contribution in [-0.4, -0.2) is 18.2 Å². The lowest BCUT2D eigenvalue weighted by Crippen LogP contribution is -2.28. The van der Waals surface area contributed by atoms with Gasteiger partial charge in [0.2, 0.25) is 0 Å². The summed E-state index contributed by atoms with van der Waals surface area (Å²) in [6.07, 6.45) is 0. The van der Waals surface area contributed by atoms with Crippen LogP contribution >= 0.6 is 0 Å². The Morgan fingerprint density at radius 2 is 1.93 bits per heavy atom. The first kappa shape index (κ1) is 10.9. The Balaban J connectivity index is 2.67. The van der Waals surface area contributed by atoms with Crippen molar-refractivity contribution >= 4 is 11.7 Å². The predicted molar refractivity (Wildman–Crippen MR) is 54.2 cm³/mol. The maximum Gasteiger partial charge on any atom is 0.251 e. The smallest absolute Gasteiger partial charge is 0.251 e. The third kappa shape index (κ3) is 3.24. The van der Waals surface area contributed by atoms with Crippen molar-refractivity contribution in [3.8, 4) is 6.07 Å². The van der Waals surface area contributed by atoms with Gasteiger partial charge in [0.05, 0.1) is 18.2 Å². The van der Waals surface area contributed by atoms with E-state index in [2.05, 4.69) is 5.32 Å². The summed E-state index contributed by atoms with van der Waals surface area (Å²) in [5, 5.41) is 11.0. The number of benzene rings is 1. The quantitative estimate of drug-likeness (QED) is 0.790. The summed E-state index contributed by atoms with van der Waals surface area (Å²) < 4.78 is 0. The second kappa shape index (κ2) is 4.91. The van der Waals surface area contributed by atoms with Crippen LogP contribution in [0.3, 0.4) is 0 Å². The first-order valence-corrected chi connectivity index (χ1v) is 4.41. The first-order chi connectivity index (χ1) is 7.13. The zero-order chi connectivity index (χ0) is 11.3. The van der Waals surface area contributed by atoms with Gasteiger partial charge in [0, 0.05) is 5.56 Å². The Hall–Kier alpha value is -2.15. The molecule has 4 heteroatoms. The molecule has 1 aromatic carbocycles. The van der Waals surface area contributed by atoms with Crippen molar-refractivity contribution in [2.75, 3.05) is 6.54 Å². The van der Waals surface area contributed by atoms with Gasteiger partial charge in [-0.25, -0.2) is 0 Å². The minimum atomic E-state index is -0.310. The Bertz CT molecular complexity index is 415. The normalized spacial score (nSPS) is 9.07. The van der Waals surface area contributed by atoms with E-state index in [1.165, 1.54) is 6.92 Å². The molecule has 1 aromatic rings. The monoisotopic (exact) mass is 202 g/mol. The number of carbonyl (C=O) groups is 2. The average Bonchev–Trinajstić information content (AvgIpc) is 2.26. The minimum absolute atomic E-state index is 0.0266. The molecule has 15 heavy (non-hydrogen) atoms. The van der Waals surface area contributed by atoms with E-state index in [1.54, 1.807) is 24.3 Å². The Morgan fingerprint density at radius 3 is 2.40 bits per heavy atom. The number of nitrogens with one attached hydrogen (secondary N) is 1. The van der Waals surface area contributed by atoms with Gasteiger partial charge in [0.15, 0.2) is 0 Å². The molecule has 0 spiro atoms. The number of ketones is 1. The fourth-order valence-corrected chi connectivity index (χ4v) is 1.00. The van der Waals surface area contributed by atoms with Gasteiger partial charge in [0.1, 0.15) is 5.78 Å². The van der Waals surface area contributed by atoms with E-state index in [-0.39, 0.29) is 18.2 Å². The number of rotatable bonds is 3. The first-order valence-electron chi connectivity index (χ1n) is 4.41. The third-order valence-electron chi connectivity index (χ3n) is 1.77. The molecule has 0 aromatic heterocycles. The molecular formula is C11H10N2O2. The van der Waals surface area contributed by atoms with Gasteiger partial charge in [-0.15, -0.1) is 0 Å². The fourth-order valence-electron chi connectivity index (χ4n) is 1.00. The minimum Gasteiger partial charge on any atom is -0.345 e. The van der Waals surface area contributed by atoms with E-state index >= 15 is 0 Å². The summed E-state index contributed by atoms with van der Waals surface area (Å²) in [7, 11) is 0. The lowest BCUT2D eigenvalue weighted by Gasteiger charge is -2.02. The van der Waals surface area contributed by atoms with Gasteiger partial charge in [0.25, 0.3) is 5.91 Å². The highest BCUT2D eigenvalue weighted by Crippen LogP contribution is 2.02. The fraction of sp³-hybridized carbons (Fsp3) is 0.182. The zero-order valence-electron chi connectivity index (χ0n) is 8.28. The van der Waals surface area contributed by atoms with Crippen molar-refractivity contribution in [1.82, 2.24) is 5.32 Å². The van der Waals surface area contributed by atoms with E-state index in [9.17, 15) is 9.59 Å². The molecule has 0 atom stereocenters. The summed E-state index contributed by atoms with van der Waals surface area (Å²) in [5.41, 5.74) is 0.938. The van der Waals surface area contributed by atoms with Gasteiger partial charge < -0.3 is 5.32 Å². The standard InChI is InChI=1S/C11H10N2O2/c1-8(14)7-13-11(15)10-4-2-9(6-12)3-5-10/h2-5H,7H2,1H3,(H,13,15). The van der Waals surface area contributed by atoms with Crippen LogP contribution in [0.2, 0.25) is 0 Å². The highest BCUT2D eigenvalue weighted by molar-refractivity contribution is 5.96. The number of nitriles is 1. The lowest BCUT2D eigenvalue weighted by molar-refractivity contribution is -0.116. The average molecular weight is 202 g/mol. The van der Waals surface area contributed by atoms with Crippen LogP contribution < -0.4 is 5.32 Å². The van der Waals surface area contributed by atoms with Gasteiger partial charge in [-0.1, -0.05) is 0 Å². The molecule has 0 saturated carbocycles. The van der Waals surface area contributed by atoms with Crippen molar-refractivity contribution in [3.63, 3.8) is 0 Å². The molecule has 0 fully saturated rings. The summed E-state index contributed by atoms with van der Waals surface area (Å²) >= 11 is 0. The molecule has 1 amide bonds. The molecule has 1 N–H and O–H groups in total. The molecule has 76 valence electrons. The van der Waals surface area contributed by atoms with Crippen LogP contribution in [-0.2, 0) is 4.79 Å². The lowest BCUT2D eigenvalue weighted by atomic mass is 10.1. The highest BCUT2D eigenvalue weighted by Gasteiger charge is 2.05. The topological polar surface area (TPSA) is 70.0 Å². The largest absolute Gasteiger partial charge is 0.345 e. The van der Waals surface area contributed by atoms with Crippen molar-refractivity contribution in [3.05, 3.63) is 35.4 Å². The predicted octanol–water partition coefficient (Wildman–Crippen LogP) is 0.877. The number of nitrogens with zero attached hydrogens (tertiary/aromatic N) is 1. The number of Topliss-reactive ketones (excluding diaryl/α,β-unsaturated/α-hetero) is 1. The molecule has 0 radical (unpaired) electrons. The zero-order valence-corrected chi connectivity index (χ0v) is 8.28. The van der Waals surface area contributed by atoms with Crippen LogP contribution in [0.4, 0.5) is 0 Å². The van der Waals surface area contributed by atoms with E-state index in [1.807, 2.05) is 6.07 Å². The summed E-state index contributed by atoms with van der Waals surface area (Å²) in [6, 6.07) is 8.17. The van der Waals surface area contributed by atoms with Gasteiger partial charge in [-0.05, 0) is 31.2 Å². The molecule has 0 heterocycles. The van der Waals surface area contributed by atoms with Crippen LogP contribution in [0, 0.1) is 11.3 Å². The van der Waals surface area contributed by atoms with Gasteiger partial charge >= 0.3 is 0 Å². The summed E-state index contributed by atoms with van der Waals surface area (Å²) in [4.78, 5) is 22.0. The molecule has 1 rings (SSSR count). The Labute approximate surface area is 87.5 Å². The molecule has 0 aliphatic carbocycles. The molecule has 0 aliphatic rings. The van der Waals surface area contributed by atoms with Crippen LogP contribution in [0.5, 0.6) is 0 Å². The molecule has 4 nitrogen and oxygen atoms in total. The van der Waals surface area contributed by atoms with E-state index in [0.29, 0.717) is 11.1 Å². The van der Waals surface area contributed by atoms with Crippen molar-refractivity contribution < 1.29 is 9.59 Å². The Morgan fingerprint density at radius 1 is 1.33 bits per heavy atom. The third-order valence-corrected chi connectivity index (χ3v) is 1.77. The van der Waals surface area contributed by atoms with Crippen LogP contribution in [0.1, 0.15) is 22.8 Å². The van der Waals surface area contributed by atoms with Crippen molar-refractivity contribution in [2.24, 2.45) is 0 Å². The molecular weight excluding hydrogens is 192 g/mol. The van der Waals surface area contributed by atoms with E-state index < -0.39 is 0 Å². The van der Waals surface area contributed by atoms with Crippen LogP contribution in [0.25, 0.3) is 0 Å². The number of carbonyl (C=O) groups excluding carboxylic acids is 2. The maximum absolute atomic E-state index is 11.4. The SMILES string of the molecule is CC(=O)CNC(=O)c1ccc(C#N)cc1. The Kier molecular flexibility index (Phi) is 3.58. The van der Waals surface area contributed by atoms with Gasteiger partial charge in [-0.3, -0.25) is 9.59 Å². The number of amides is 1. The van der Waals surface area contributed by atoms with Crippen molar-refractivity contribution in [2.45, 2.75) is 6.92 Å². The maximum atomic E-state index is 11.4. The van der Waals surface area contributed by atoms with Gasteiger partial charge in [-0.2, -0.15) is 5.26 Å². The molecule has 0 bridgehead atoms. The second-order valence-corrected chi connectivity index (χ2v) is 3.07. The molecule has 0 saturated heterocycles. The molecule has 0 unspecified atom stereocenters. The number of hydrogen-bond acceptors (Lipinski definition) is 3. The summed E-state index contributed by atoms with van der Waals surface area (Å²) in [5.74, 6) is -0.410. The number of hydrogen-bond donors (Lipinski definition) is 1. The van der Waals surface area contributed by atoms with Crippen molar-refractivity contribution in [1.29, 1.82) is 5.26 Å². The second-order valence-electron chi connectivity index (χ2n) is 3.07. The summed E-state index contributed by atoms with van der Waals surface area (Å²) in [6.45, 7) is 1.43. The van der Waals surface area contributed by atoms with Crippen LogP contribution in [0.15, 0.2) is 24.3 Å². The van der Waals surface area contributed by atoms with E-state index in [0.717, 1.165) is 0 Å². The molecule has 0 aliphatic heterocycles. The van der Waals surface area contributed by atoms with E-state index in [4.69, 9.17) is 5.26 Å².